The number of hydrogen-bond donors (Lipinski definition) is 1. The zero-order valence-electron chi connectivity index (χ0n) is 11.3. The number of hydrogen-bond acceptors (Lipinski definition) is 2. The molecule has 108 valence electrons. The van der Waals surface area contributed by atoms with Crippen LogP contribution in [0, 0.1) is 17.6 Å². The maximum atomic E-state index is 13.8. The third-order valence-corrected chi connectivity index (χ3v) is 3.96. The minimum absolute atomic E-state index is 0. The zero-order valence-corrected chi connectivity index (χ0v) is 12.1. The van der Waals surface area contributed by atoms with Crippen molar-refractivity contribution in [1.29, 1.82) is 0 Å². The molecule has 0 bridgehead atoms. The summed E-state index contributed by atoms with van der Waals surface area (Å²) in [7, 11) is 0. The second-order valence-electron chi connectivity index (χ2n) is 5.19. The summed E-state index contributed by atoms with van der Waals surface area (Å²) >= 11 is 0. The van der Waals surface area contributed by atoms with Crippen molar-refractivity contribution in [2.75, 3.05) is 13.1 Å². The fourth-order valence-electron chi connectivity index (χ4n) is 2.96. The monoisotopic (exact) mass is 290 g/mol. The Labute approximate surface area is 119 Å². The number of likely N-dealkylation sites (tertiary alicyclic amines) is 1. The van der Waals surface area contributed by atoms with Crippen molar-refractivity contribution in [3.63, 3.8) is 0 Å². The Hall–Kier alpha value is -0.710. The molecule has 2 nitrogen and oxygen atoms in total. The molecule has 3 unspecified atom stereocenters. The van der Waals surface area contributed by atoms with Gasteiger partial charge in [-0.1, -0.05) is 6.07 Å². The first-order valence-corrected chi connectivity index (χ1v) is 6.44. The van der Waals surface area contributed by atoms with Crippen LogP contribution in [0.3, 0.4) is 0 Å². The van der Waals surface area contributed by atoms with Gasteiger partial charge in [-0.15, -0.1) is 12.4 Å². The Morgan fingerprint density at radius 2 is 1.95 bits per heavy atom. The lowest BCUT2D eigenvalue weighted by atomic mass is 10.0. The number of rotatable bonds is 3. The van der Waals surface area contributed by atoms with E-state index in [0.29, 0.717) is 18.5 Å². The topological polar surface area (TPSA) is 29.3 Å². The van der Waals surface area contributed by atoms with E-state index in [0.717, 1.165) is 13.0 Å². The molecular weight excluding hydrogens is 270 g/mol. The Morgan fingerprint density at radius 3 is 2.42 bits per heavy atom. The minimum atomic E-state index is -0.467. The van der Waals surface area contributed by atoms with Gasteiger partial charge in [-0.2, -0.15) is 0 Å². The first-order valence-electron chi connectivity index (χ1n) is 6.44. The summed E-state index contributed by atoms with van der Waals surface area (Å²) in [5, 5.41) is 0. The van der Waals surface area contributed by atoms with Crippen LogP contribution >= 0.6 is 12.4 Å². The molecule has 19 heavy (non-hydrogen) atoms. The molecule has 1 fully saturated rings. The predicted molar refractivity (Wildman–Crippen MR) is 75.4 cm³/mol. The molecule has 0 aromatic heterocycles. The summed E-state index contributed by atoms with van der Waals surface area (Å²) in [5.74, 6) is -0.505. The molecule has 2 N–H and O–H groups in total. The van der Waals surface area contributed by atoms with Crippen molar-refractivity contribution >= 4 is 12.4 Å². The predicted octanol–water partition coefficient (Wildman–Crippen LogP) is 3.12. The van der Waals surface area contributed by atoms with E-state index >= 15 is 0 Å². The van der Waals surface area contributed by atoms with E-state index in [-0.39, 0.29) is 24.0 Å². The van der Waals surface area contributed by atoms with Crippen LogP contribution in [0.2, 0.25) is 0 Å². The summed E-state index contributed by atoms with van der Waals surface area (Å²) in [6.45, 7) is 5.39. The number of benzene rings is 1. The standard InChI is InChI=1S/C14H20F2N2.ClH/c1-9-6-11(7-17)8-18(9)10(2)14-12(15)4-3-5-13(14)16;/h3-5,9-11H,6-8,17H2,1-2H3;1H. The minimum Gasteiger partial charge on any atom is -0.330 e. The maximum Gasteiger partial charge on any atom is 0.130 e. The maximum absolute atomic E-state index is 13.8. The molecule has 0 radical (unpaired) electrons. The second kappa shape index (κ2) is 6.64. The van der Waals surface area contributed by atoms with Gasteiger partial charge in [0.25, 0.3) is 0 Å². The molecule has 1 aliphatic heterocycles. The zero-order chi connectivity index (χ0) is 13.3. The molecule has 1 saturated heterocycles. The van der Waals surface area contributed by atoms with Gasteiger partial charge in [-0.05, 0) is 44.9 Å². The highest BCUT2D eigenvalue weighted by Crippen LogP contribution is 2.33. The molecule has 3 atom stereocenters. The Balaban J connectivity index is 0.00000180. The normalized spacial score (nSPS) is 25.1. The first kappa shape index (κ1) is 16.3. The molecule has 2 rings (SSSR count). The van der Waals surface area contributed by atoms with E-state index in [9.17, 15) is 8.78 Å². The van der Waals surface area contributed by atoms with Gasteiger partial charge in [0, 0.05) is 24.2 Å². The van der Waals surface area contributed by atoms with Crippen LogP contribution in [0.1, 0.15) is 31.9 Å². The smallest absolute Gasteiger partial charge is 0.130 e. The van der Waals surface area contributed by atoms with Crippen LogP contribution in [-0.4, -0.2) is 24.0 Å². The molecule has 1 aliphatic rings. The summed E-state index contributed by atoms with van der Waals surface area (Å²) < 4.78 is 27.5. The van der Waals surface area contributed by atoms with Crippen molar-refractivity contribution in [2.24, 2.45) is 11.7 Å². The van der Waals surface area contributed by atoms with Crippen LogP contribution in [-0.2, 0) is 0 Å². The number of halogens is 3. The lowest BCUT2D eigenvalue weighted by Gasteiger charge is -2.29. The number of nitrogens with zero attached hydrogens (tertiary/aromatic N) is 1. The largest absolute Gasteiger partial charge is 0.330 e. The summed E-state index contributed by atoms with van der Waals surface area (Å²) in [6, 6.07) is 4.09. The Bertz CT molecular complexity index is 408. The van der Waals surface area contributed by atoms with Crippen molar-refractivity contribution in [3.05, 3.63) is 35.4 Å². The average molecular weight is 291 g/mol. The van der Waals surface area contributed by atoms with E-state index in [1.165, 1.54) is 18.2 Å². The molecule has 0 spiro atoms. The van der Waals surface area contributed by atoms with Gasteiger partial charge in [-0.25, -0.2) is 8.78 Å². The molecule has 1 aromatic rings. The van der Waals surface area contributed by atoms with E-state index in [1.54, 1.807) is 0 Å². The molecular formula is C14H21ClF2N2. The van der Waals surface area contributed by atoms with Crippen LogP contribution in [0.15, 0.2) is 18.2 Å². The first-order chi connectivity index (χ1) is 8.54. The lowest BCUT2D eigenvalue weighted by Crippen LogP contribution is -2.31. The quantitative estimate of drug-likeness (QED) is 0.927. The van der Waals surface area contributed by atoms with Crippen LogP contribution in [0.4, 0.5) is 8.78 Å². The molecule has 1 heterocycles. The lowest BCUT2D eigenvalue weighted by molar-refractivity contribution is 0.193. The Kier molecular flexibility index (Phi) is 5.71. The van der Waals surface area contributed by atoms with Gasteiger partial charge >= 0.3 is 0 Å². The molecule has 1 aromatic carbocycles. The van der Waals surface area contributed by atoms with Crippen molar-refractivity contribution in [3.8, 4) is 0 Å². The SMILES string of the molecule is CC1CC(CN)CN1C(C)c1c(F)cccc1F.Cl. The summed E-state index contributed by atoms with van der Waals surface area (Å²) in [5.41, 5.74) is 5.85. The summed E-state index contributed by atoms with van der Waals surface area (Å²) in [6.07, 6.45) is 0.997. The third kappa shape index (κ3) is 3.25. The molecule has 5 heteroatoms. The summed E-state index contributed by atoms with van der Waals surface area (Å²) in [4.78, 5) is 2.14. The van der Waals surface area contributed by atoms with Gasteiger partial charge < -0.3 is 5.73 Å². The van der Waals surface area contributed by atoms with Gasteiger partial charge in [0.05, 0.1) is 0 Å². The second-order valence-corrected chi connectivity index (χ2v) is 5.19. The highest BCUT2D eigenvalue weighted by molar-refractivity contribution is 5.85. The van der Waals surface area contributed by atoms with Crippen LogP contribution in [0.25, 0.3) is 0 Å². The van der Waals surface area contributed by atoms with E-state index in [1.807, 2.05) is 6.92 Å². The van der Waals surface area contributed by atoms with Crippen molar-refractivity contribution in [2.45, 2.75) is 32.4 Å². The van der Waals surface area contributed by atoms with Crippen molar-refractivity contribution < 1.29 is 8.78 Å². The Morgan fingerprint density at radius 1 is 1.37 bits per heavy atom. The van der Waals surface area contributed by atoms with E-state index in [4.69, 9.17) is 5.73 Å². The third-order valence-electron chi connectivity index (χ3n) is 3.96. The fraction of sp³-hybridized carbons (Fsp3) is 0.571. The number of nitrogens with two attached hydrogens (primary N) is 1. The van der Waals surface area contributed by atoms with Crippen LogP contribution < -0.4 is 5.73 Å². The van der Waals surface area contributed by atoms with Gasteiger partial charge in [0.1, 0.15) is 11.6 Å². The highest BCUT2D eigenvalue weighted by Gasteiger charge is 2.33. The van der Waals surface area contributed by atoms with E-state index in [2.05, 4.69) is 11.8 Å². The average Bonchev–Trinajstić information content (AvgIpc) is 2.70. The van der Waals surface area contributed by atoms with E-state index < -0.39 is 11.6 Å². The van der Waals surface area contributed by atoms with Gasteiger partial charge in [0.2, 0.25) is 0 Å². The van der Waals surface area contributed by atoms with Gasteiger partial charge in [0.15, 0.2) is 0 Å². The van der Waals surface area contributed by atoms with Gasteiger partial charge in [-0.3, -0.25) is 4.90 Å². The van der Waals surface area contributed by atoms with Crippen LogP contribution in [0.5, 0.6) is 0 Å². The highest BCUT2D eigenvalue weighted by atomic mass is 35.5. The molecule has 0 saturated carbocycles. The fourth-order valence-corrected chi connectivity index (χ4v) is 2.96. The molecule has 0 aliphatic carbocycles. The van der Waals surface area contributed by atoms with Crippen molar-refractivity contribution in [1.82, 2.24) is 4.90 Å². The molecule has 0 amide bonds.